The molecule has 0 radical (unpaired) electrons. The average molecular weight is 676 g/mol. The smallest absolute Gasteiger partial charge is 0.790 e. The second-order valence-electron chi connectivity index (χ2n) is 5.05. The molecule has 0 amide bonds. The minimum Gasteiger partial charge on any atom is -0.790 e. The SMILES string of the molecule is O=P([O-])([O-])OC1C(O)C(OP(=O)([O-])[O-])C(OP(=O)([O-])[O-])C(OP(=O)([O-])[O-])C1O.[Na+].[Na+].[Na+].[Na+].[Na+].[Na+].[Na+].[Na+]. The number of rotatable bonds is 8. The van der Waals surface area contributed by atoms with Crippen LogP contribution in [0.4, 0.5) is 0 Å². The van der Waals surface area contributed by atoms with E-state index in [1.54, 1.807) is 0 Å². The van der Waals surface area contributed by atoms with Gasteiger partial charge in [-0.2, -0.15) is 0 Å². The van der Waals surface area contributed by atoms with Gasteiger partial charge in [-0.05, 0) is 0 Å². The topological polar surface area (TPSA) is 330 Å². The third-order valence-electron chi connectivity index (χ3n) is 3.00. The Morgan fingerprint density at radius 1 is 0.389 bits per heavy atom. The van der Waals surface area contributed by atoms with Gasteiger partial charge in [-0.3, -0.25) is 0 Å². The Balaban J connectivity index is -0.000000163. The summed E-state index contributed by atoms with van der Waals surface area (Å²) in [6.07, 6.45) is -17.6. The van der Waals surface area contributed by atoms with Gasteiger partial charge < -0.3 is 85.7 Å². The molecule has 0 aromatic heterocycles. The normalized spacial score (nSPS) is 25.7. The molecule has 0 aromatic carbocycles. The fraction of sp³-hybridized carbons (Fsp3) is 1.00. The van der Waals surface area contributed by atoms with Gasteiger partial charge in [0, 0.05) is 0 Å². The zero-order valence-corrected chi connectivity index (χ0v) is 40.3. The number of aliphatic hydroxyl groups is 2. The summed E-state index contributed by atoms with van der Waals surface area (Å²) in [6, 6.07) is 0. The fourth-order valence-corrected chi connectivity index (χ4v) is 4.41. The largest absolute Gasteiger partial charge is 1.00 e. The summed E-state index contributed by atoms with van der Waals surface area (Å²) in [5, 5.41) is 19.7. The van der Waals surface area contributed by atoms with Gasteiger partial charge in [0.15, 0.2) is 0 Å². The summed E-state index contributed by atoms with van der Waals surface area (Å²) in [5.41, 5.74) is 0. The molecule has 2 N–H and O–H groups in total. The molecule has 4 atom stereocenters. The Morgan fingerprint density at radius 2 is 0.556 bits per heavy atom. The Bertz CT molecular complexity index is 716. The zero-order chi connectivity index (χ0) is 22.3. The van der Waals surface area contributed by atoms with Crippen molar-refractivity contribution in [3.63, 3.8) is 0 Å². The third kappa shape index (κ3) is 26.4. The van der Waals surface area contributed by atoms with Crippen LogP contribution in [0.3, 0.4) is 0 Å². The van der Waals surface area contributed by atoms with E-state index in [-0.39, 0.29) is 236 Å². The van der Waals surface area contributed by atoms with Crippen molar-refractivity contribution in [3.8, 4) is 0 Å². The molecule has 1 aliphatic rings. The molecule has 1 saturated carbocycles. The standard InChI is InChI=1S/C6H16O18P4.8Na/c7-1-3(21-25(9,10)11)2(8)5(23-27(15,16)17)6(24-28(18,19)20)4(1)22-26(12,13)14;;;;;;;;/h1-8H,(H2,9,10,11)(H2,12,13,14)(H2,15,16,17)(H2,18,19,20);;;;;;;;/q;8*+1/p-8. The van der Waals surface area contributed by atoms with E-state index in [2.05, 4.69) is 18.1 Å². The van der Waals surface area contributed by atoms with Crippen LogP contribution in [0.2, 0.25) is 0 Å². The first-order chi connectivity index (χ1) is 12.2. The van der Waals surface area contributed by atoms with Crippen LogP contribution in [0.1, 0.15) is 0 Å². The molecule has 168 valence electrons. The van der Waals surface area contributed by atoms with Gasteiger partial charge in [0.25, 0.3) is 0 Å². The summed E-state index contributed by atoms with van der Waals surface area (Å²) in [7, 11) is -24.8. The van der Waals surface area contributed by atoms with Gasteiger partial charge in [0.2, 0.25) is 0 Å². The Kier molecular flexibility index (Phi) is 46.1. The summed E-state index contributed by atoms with van der Waals surface area (Å²) >= 11 is 0. The van der Waals surface area contributed by atoms with E-state index in [1.165, 1.54) is 0 Å². The molecule has 0 bridgehead atoms. The molecule has 0 saturated heterocycles. The second kappa shape index (κ2) is 26.3. The predicted octanol–water partition coefficient (Wildman–Crippen LogP) is -32.4. The molecular weight excluding hydrogens is 668 g/mol. The van der Waals surface area contributed by atoms with Gasteiger partial charge in [-0.15, -0.1) is 0 Å². The zero-order valence-electron chi connectivity index (χ0n) is 20.7. The van der Waals surface area contributed by atoms with Crippen molar-refractivity contribution < 1.29 is 322 Å². The van der Waals surface area contributed by atoms with Gasteiger partial charge in [-0.1, -0.05) is 0 Å². The quantitative estimate of drug-likeness (QED) is 0.178. The van der Waals surface area contributed by atoms with E-state index in [0.717, 1.165) is 0 Å². The molecule has 1 aliphatic carbocycles. The van der Waals surface area contributed by atoms with Gasteiger partial charge in [0.05, 0.1) is 31.3 Å². The molecule has 18 nitrogen and oxygen atoms in total. The maximum absolute atomic E-state index is 10.8. The molecular formula is C6H8Na8O18P4. The third-order valence-corrected chi connectivity index (χ3v) is 5.00. The van der Waals surface area contributed by atoms with Gasteiger partial charge in [0.1, 0.15) is 36.6 Å². The summed E-state index contributed by atoms with van der Waals surface area (Å²) in [5.74, 6) is 0. The number of aliphatic hydroxyl groups excluding tert-OH is 2. The van der Waals surface area contributed by atoms with Crippen molar-refractivity contribution >= 4 is 31.3 Å². The summed E-state index contributed by atoms with van der Waals surface area (Å²) < 4.78 is 57.8. The number of hydrogen-bond donors (Lipinski definition) is 2. The number of hydrogen-bond acceptors (Lipinski definition) is 18. The van der Waals surface area contributed by atoms with Crippen LogP contribution >= 0.6 is 31.3 Å². The molecule has 0 spiro atoms. The first-order valence-electron chi connectivity index (χ1n) is 6.38. The van der Waals surface area contributed by atoms with Crippen LogP contribution in [0.15, 0.2) is 0 Å². The number of phosphoric acid groups is 4. The van der Waals surface area contributed by atoms with E-state index >= 15 is 0 Å². The van der Waals surface area contributed by atoms with Crippen molar-refractivity contribution in [1.29, 1.82) is 0 Å². The number of phosphoric ester groups is 4. The van der Waals surface area contributed by atoms with E-state index < -0.39 is 67.9 Å². The average Bonchev–Trinajstić information content (AvgIpc) is 2.39. The predicted molar refractivity (Wildman–Crippen MR) is 61.9 cm³/mol. The summed E-state index contributed by atoms with van der Waals surface area (Å²) in [4.78, 5) is 86.1. The first kappa shape index (κ1) is 63.1. The minimum absolute atomic E-state index is 0. The molecule has 1 rings (SSSR count). The Morgan fingerprint density at radius 3 is 0.750 bits per heavy atom. The molecule has 0 heterocycles. The van der Waals surface area contributed by atoms with Crippen LogP contribution in [0.25, 0.3) is 0 Å². The Hall–Kier alpha value is 8.36. The maximum Gasteiger partial charge on any atom is 1.00 e. The minimum atomic E-state index is -6.24. The second-order valence-corrected chi connectivity index (χ2v) is 9.47. The first-order valence-corrected chi connectivity index (χ1v) is 12.2. The summed E-state index contributed by atoms with van der Waals surface area (Å²) in [6.45, 7) is 0. The molecule has 0 aliphatic heterocycles. The monoisotopic (exact) mass is 676 g/mol. The van der Waals surface area contributed by atoms with Crippen molar-refractivity contribution in [2.75, 3.05) is 0 Å². The van der Waals surface area contributed by atoms with E-state index in [9.17, 15) is 67.6 Å². The van der Waals surface area contributed by atoms with Crippen LogP contribution < -0.4 is 276 Å². The molecule has 1 fully saturated rings. The molecule has 30 heteroatoms. The van der Waals surface area contributed by atoms with Crippen LogP contribution in [-0.2, 0) is 36.4 Å². The van der Waals surface area contributed by atoms with Crippen LogP contribution in [0, 0.1) is 0 Å². The fourth-order valence-electron chi connectivity index (χ4n) is 2.24. The Labute approximate surface area is 381 Å². The van der Waals surface area contributed by atoms with Crippen LogP contribution in [0.5, 0.6) is 0 Å². The molecule has 4 unspecified atom stereocenters. The van der Waals surface area contributed by atoms with E-state index in [1.807, 2.05) is 0 Å². The van der Waals surface area contributed by atoms with Gasteiger partial charge >= 0.3 is 236 Å². The van der Waals surface area contributed by atoms with Crippen LogP contribution in [-0.4, -0.2) is 46.8 Å². The van der Waals surface area contributed by atoms with Crippen molar-refractivity contribution in [3.05, 3.63) is 0 Å². The van der Waals surface area contributed by atoms with Gasteiger partial charge in [-0.25, -0.2) is 0 Å². The maximum atomic E-state index is 10.8. The van der Waals surface area contributed by atoms with Crippen molar-refractivity contribution in [2.24, 2.45) is 0 Å². The van der Waals surface area contributed by atoms with E-state index in [4.69, 9.17) is 0 Å². The van der Waals surface area contributed by atoms with Crippen molar-refractivity contribution in [1.82, 2.24) is 0 Å². The molecule has 36 heavy (non-hydrogen) atoms. The molecule has 0 aromatic rings. The van der Waals surface area contributed by atoms with Crippen molar-refractivity contribution in [2.45, 2.75) is 36.6 Å². The van der Waals surface area contributed by atoms with E-state index in [0.29, 0.717) is 0 Å².